The van der Waals surface area contributed by atoms with Gasteiger partial charge in [-0.2, -0.15) is 5.26 Å². The van der Waals surface area contributed by atoms with Crippen LogP contribution in [0.1, 0.15) is 30.1 Å². The van der Waals surface area contributed by atoms with E-state index < -0.39 is 24.0 Å². The van der Waals surface area contributed by atoms with Gasteiger partial charge in [-0.1, -0.05) is 12.1 Å². The minimum atomic E-state index is -0.883. The van der Waals surface area contributed by atoms with Gasteiger partial charge in [0, 0.05) is 12.7 Å². The van der Waals surface area contributed by atoms with Crippen LogP contribution in [0.5, 0.6) is 0 Å². The third-order valence-electron chi connectivity index (χ3n) is 3.78. The molecule has 2 rings (SSSR count). The van der Waals surface area contributed by atoms with E-state index in [2.05, 4.69) is 16.7 Å². The molecule has 0 heterocycles. The summed E-state index contributed by atoms with van der Waals surface area (Å²) in [7, 11) is 1.70. The van der Waals surface area contributed by atoms with Gasteiger partial charge in [0.2, 0.25) is 0 Å². The number of para-hydroxylation sites is 1. The standard InChI is InChI=1S/C16H19N3O3/c1-16(10-17,11-7-8-11)19-14(20)9-22-15(21)12-5-3-4-6-13(12)18-2/h3-6,11,18H,7-9H2,1-2H3,(H,19,20)/t16-/m0/s1. The lowest BCUT2D eigenvalue weighted by Crippen LogP contribution is -2.48. The fraction of sp³-hybridized carbons (Fsp3) is 0.438. The van der Waals surface area contributed by atoms with Gasteiger partial charge in [0.1, 0.15) is 5.54 Å². The van der Waals surface area contributed by atoms with Crippen molar-refractivity contribution in [2.45, 2.75) is 25.3 Å². The van der Waals surface area contributed by atoms with Gasteiger partial charge in [-0.05, 0) is 37.8 Å². The van der Waals surface area contributed by atoms with Gasteiger partial charge in [-0.25, -0.2) is 4.79 Å². The number of amides is 1. The van der Waals surface area contributed by atoms with Crippen LogP contribution in [0.3, 0.4) is 0 Å². The Morgan fingerprint density at radius 2 is 2.09 bits per heavy atom. The zero-order chi connectivity index (χ0) is 16.2. The molecule has 1 atom stereocenters. The van der Waals surface area contributed by atoms with Crippen molar-refractivity contribution in [2.75, 3.05) is 19.0 Å². The van der Waals surface area contributed by atoms with Gasteiger partial charge < -0.3 is 15.4 Å². The van der Waals surface area contributed by atoms with Crippen molar-refractivity contribution in [3.05, 3.63) is 29.8 Å². The highest BCUT2D eigenvalue weighted by molar-refractivity contribution is 5.96. The van der Waals surface area contributed by atoms with Crippen LogP contribution in [0.2, 0.25) is 0 Å². The molecule has 0 saturated heterocycles. The van der Waals surface area contributed by atoms with Crippen molar-refractivity contribution < 1.29 is 14.3 Å². The number of carbonyl (C=O) groups is 2. The average molecular weight is 301 g/mol. The Labute approximate surface area is 129 Å². The Balaban J connectivity index is 1.91. The molecule has 0 spiro atoms. The molecule has 1 fully saturated rings. The minimum absolute atomic E-state index is 0.183. The summed E-state index contributed by atoms with van der Waals surface area (Å²) >= 11 is 0. The maximum Gasteiger partial charge on any atom is 0.340 e. The van der Waals surface area contributed by atoms with E-state index in [9.17, 15) is 14.9 Å². The molecule has 1 aliphatic carbocycles. The fourth-order valence-electron chi connectivity index (χ4n) is 2.30. The van der Waals surface area contributed by atoms with Crippen LogP contribution in [-0.4, -0.2) is 31.1 Å². The smallest absolute Gasteiger partial charge is 0.340 e. The Bertz CT molecular complexity index is 619. The topological polar surface area (TPSA) is 91.2 Å². The number of hydrogen-bond donors (Lipinski definition) is 2. The van der Waals surface area contributed by atoms with Crippen LogP contribution >= 0.6 is 0 Å². The highest BCUT2D eigenvalue weighted by Crippen LogP contribution is 2.39. The van der Waals surface area contributed by atoms with Gasteiger partial charge in [-0.15, -0.1) is 0 Å². The van der Waals surface area contributed by atoms with Crippen LogP contribution in [0, 0.1) is 17.2 Å². The van der Waals surface area contributed by atoms with E-state index in [1.165, 1.54) is 0 Å². The molecule has 0 aliphatic heterocycles. The number of nitrogens with zero attached hydrogens (tertiary/aromatic N) is 1. The average Bonchev–Trinajstić information content (AvgIpc) is 3.37. The van der Waals surface area contributed by atoms with Crippen molar-refractivity contribution in [3.8, 4) is 6.07 Å². The van der Waals surface area contributed by atoms with Gasteiger partial charge in [0.25, 0.3) is 5.91 Å². The summed E-state index contributed by atoms with van der Waals surface area (Å²) < 4.78 is 5.02. The van der Waals surface area contributed by atoms with Crippen molar-refractivity contribution in [1.29, 1.82) is 5.26 Å². The second-order valence-corrected chi connectivity index (χ2v) is 5.51. The van der Waals surface area contributed by atoms with Gasteiger partial charge >= 0.3 is 5.97 Å². The summed E-state index contributed by atoms with van der Waals surface area (Å²) in [6.45, 7) is 1.29. The predicted molar refractivity (Wildman–Crippen MR) is 81.2 cm³/mol. The van der Waals surface area contributed by atoms with E-state index in [0.29, 0.717) is 11.3 Å². The zero-order valence-electron chi connectivity index (χ0n) is 12.7. The highest BCUT2D eigenvalue weighted by atomic mass is 16.5. The van der Waals surface area contributed by atoms with Gasteiger partial charge in [0.05, 0.1) is 11.6 Å². The van der Waals surface area contributed by atoms with Crippen LogP contribution in [0.4, 0.5) is 5.69 Å². The molecule has 1 aliphatic rings. The van der Waals surface area contributed by atoms with E-state index >= 15 is 0 Å². The van der Waals surface area contributed by atoms with E-state index in [0.717, 1.165) is 12.8 Å². The lowest BCUT2D eigenvalue weighted by atomic mass is 9.98. The molecule has 0 bridgehead atoms. The SMILES string of the molecule is CNc1ccccc1C(=O)OCC(=O)N[C@@](C)(C#N)C1CC1. The number of nitriles is 1. The fourth-order valence-corrected chi connectivity index (χ4v) is 2.30. The molecule has 1 aromatic carbocycles. The molecule has 6 nitrogen and oxygen atoms in total. The molecule has 116 valence electrons. The lowest BCUT2D eigenvalue weighted by molar-refractivity contribution is -0.125. The summed E-state index contributed by atoms with van der Waals surface area (Å²) in [6.07, 6.45) is 1.86. The molecule has 6 heteroatoms. The Morgan fingerprint density at radius 3 is 2.68 bits per heavy atom. The second-order valence-electron chi connectivity index (χ2n) is 5.51. The summed E-state index contributed by atoms with van der Waals surface area (Å²) in [5, 5.41) is 14.7. The monoisotopic (exact) mass is 301 g/mol. The summed E-state index contributed by atoms with van der Waals surface area (Å²) in [4.78, 5) is 23.9. The quantitative estimate of drug-likeness (QED) is 0.780. The first-order chi connectivity index (χ1) is 10.5. The first-order valence-corrected chi connectivity index (χ1v) is 7.16. The number of rotatable bonds is 6. The van der Waals surface area contributed by atoms with Crippen molar-refractivity contribution >= 4 is 17.6 Å². The lowest BCUT2D eigenvalue weighted by Gasteiger charge is -2.22. The Morgan fingerprint density at radius 1 is 1.41 bits per heavy atom. The number of carbonyl (C=O) groups excluding carboxylic acids is 2. The van der Waals surface area contributed by atoms with Crippen molar-refractivity contribution in [1.82, 2.24) is 5.32 Å². The Hall–Kier alpha value is -2.55. The number of nitrogens with one attached hydrogen (secondary N) is 2. The van der Waals surface area contributed by atoms with Gasteiger partial charge in [0.15, 0.2) is 6.61 Å². The molecule has 1 amide bonds. The maximum absolute atomic E-state index is 12.0. The Kier molecular flexibility index (Phi) is 4.66. The normalized spacial score (nSPS) is 16.0. The van der Waals surface area contributed by atoms with Crippen LogP contribution in [0.15, 0.2) is 24.3 Å². The van der Waals surface area contributed by atoms with E-state index in [-0.39, 0.29) is 5.92 Å². The number of esters is 1. The number of benzene rings is 1. The van der Waals surface area contributed by atoms with Gasteiger partial charge in [-0.3, -0.25) is 4.79 Å². The van der Waals surface area contributed by atoms with Crippen molar-refractivity contribution in [3.63, 3.8) is 0 Å². The number of ether oxygens (including phenoxy) is 1. The largest absolute Gasteiger partial charge is 0.452 e. The molecule has 1 aromatic rings. The van der Waals surface area contributed by atoms with Crippen LogP contribution < -0.4 is 10.6 Å². The van der Waals surface area contributed by atoms with Crippen LogP contribution in [0.25, 0.3) is 0 Å². The second kappa shape index (κ2) is 6.48. The molecule has 22 heavy (non-hydrogen) atoms. The molecule has 0 unspecified atom stereocenters. The summed E-state index contributed by atoms with van der Waals surface area (Å²) in [5.41, 5.74) is 0.114. The molecular weight excluding hydrogens is 282 g/mol. The van der Waals surface area contributed by atoms with Crippen molar-refractivity contribution in [2.24, 2.45) is 5.92 Å². The predicted octanol–water partition coefficient (Wildman–Crippen LogP) is 1.69. The summed E-state index contributed by atoms with van der Waals surface area (Å²) in [5.74, 6) is -0.862. The maximum atomic E-state index is 12.0. The van der Waals surface area contributed by atoms with E-state index in [4.69, 9.17) is 4.74 Å². The minimum Gasteiger partial charge on any atom is -0.452 e. The zero-order valence-corrected chi connectivity index (χ0v) is 12.7. The first kappa shape index (κ1) is 15.8. The third kappa shape index (κ3) is 3.55. The molecule has 2 N–H and O–H groups in total. The number of anilines is 1. The molecule has 0 aromatic heterocycles. The summed E-state index contributed by atoms with van der Waals surface area (Å²) in [6, 6.07) is 9.01. The van der Waals surface area contributed by atoms with E-state index in [1.54, 1.807) is 38.2 Å². The number of hydrogen-bond acceptors (Lipinski definition) is 5. The van der Waals surface area contributed by atoms with Crippen LogP contribution in [-0.2, 0) is 9.53 Å². The molecule has 0 radical (unpaired) electrons. The highest BCUT2D eigenvalue weighted by Gasteiger charge is 2.43. The first-order valence-electron chi connectivity index (χ1n) is 7.16. The van der Waals surface area contributed by atoms with E-state index in [1.807, 2.05) is 0 Å². The molecule has 1 saturated carbocycles. The molecular formula is C16H19N3O3. The third-order valence-corrected chi connectivity index (χ3v) is 3.78.